The Bertz CT molecular complexity index is 633. The van der Waals surface area contributed by atoms with E-state index in [1.807, 2.05) is 6.92 Å². The second-order valence-electron chi connectivity index (χ2n) is 9.21. The first kappa shape index (κ1) is 19.4. The van der Waals surface area contributed by atoms with E-state index in [1.54, 1.807) is 0 Å². The largest absolute Gasteiger partial charge is 0.466 e. The normalized spacial score (nSPS) is 38.8. The molecule has 0 aromatic rings. The summed E-state index contributed by atoms with van der Waals surface area (Å²) in [6, 6.07) is 0. The average Bonchev–Trinajstić information content (AvgIpc) is 2.78. The Hall–Kier alpha value is -1.38. The minimum Gasteiger partial charge on any atom is -0.466 e. The molecule has 3 heteroatoms. The van der Waals surface area contributed by atoms with Crippen LogP contribution in [-0.2, 0) is 14.3 Å². The van der Waals surface area contributed by atoms with Crippen molar-refractivity contribution in [3.63, 3.8) is 0 Å². The SMILES string of the molecule is C=C1C(=O)[C@@]23CC[C@H](C(=C)C)[C@@](C)(CCC(=O)OCCC)[C@@H]2CC[C@H]1C3. The van der Waals surface area contributed by atoms with Gasteiger partial charge < -0.3 is 4.74 Å². The maximum Gasteiger partial charge on any atom is 0.305 e. The molecule has 3 rings (SSSR count). The van der Waals surface area contributed by atoms with Gasteiger partial charge in [0, 0.05) is 11.8 Å². The van der Waals surface area contributed by atoms with E-state index in [9.17, 15) is 9.59 Å². The van der Waals surface area contributed by atoms with Gasteiger partial charge in [-0.25, -0.2) is 0 Å². The molecule has 0 aromatic heterocycles. The number of fused-ring (bicyclic) bond motifs is 1. The van der Waals surface area contributed by atoms with Gasteiger partial charge in [0.1, 0.15) is 0 Å². The van der Waals surface area contributed by atoms with Gasteiger partial charge in [-0.3, -0.25) is 9.59 Å². The number of ketones is 1. The van der Waals surface area contributed by atoms with E-state index in [1.165, 1.54) is 5.57 Å². The van der Waals surface area contributed by atoms with Crippen molar-refractivity contribution in [3.05, 3.63) is 24.3 Å². The van der Waals surface area contributed by atoms with E-state index in [0.717, 1.165) is 50.5 Å². The summed E-state index contributed by atoms with van der Waals surface area (Å²) in [6.07, 6.45) is 7.14. The van der Waals surface area contributed by atoms with Crippen LogP contribution in [0.2, 0.25) is 0 Å². The van der Waals surface area contributed by atoms with Crippen LogP contribution in [0.1, 0.15) is 72.1 Å². The van der Waals surface area contributed by atoms with E-state index in [-0.39, 0.29) is 16.8 Å². The highest BCUT2D eigenvalue weighted by molar-refractivity contribution is 6.03. The Morgan fingerprint density at radius 2 is 2.04 bits per heavy atom. The van der Waals surface area contributed by atoms with Gasteiger partial charge in [-0.15, -0.1) is 0 Å². The number of hydrogen-bond donors (Lipinski definition) is 0. The van der Waals surface area contributed by atoms with Gasteiger partial charge in [-0.1, -0.05) is 32.6 Å². The first-order valence-electron chi connectivity index (χ1n) is 10.3. The summed E-state index contributed by atoms with van der Waals surface area (Å²) >= 11 is 0. The van der Waals surface area contributed by atoms with Crippen LogP contribution >= 0.6 is 0 Å². The molecule has 0 amide bonds. The van der Waals surface area contributed by atoms with E-state index < -0.39 is 0 Å². The topological polar surface area (TPSA) is 43.4 Å². The predicted molar refractivity (Wildman–Crippen MR) is 104 cm³/mol. The van der Waals surface area contributed by atoms with Gasteiger partial charge in [0.15, 0.2) is 5.78 Å². The summed E-state index contributed by atoms with van der Waals surface area (Å²) in [5, 5.41) is 0. The third-order valence-corrected chi connectivity index (χ3v) is 7.72. The van der Waals surface area contributed by atoms with Crippen LogP contribution in [0, 0.1) is 28.6 Å². The Kier molecular flexibility index (Phi) is 5.20. The van der Waals surface area contributed by atoms with Crippen molar-refractivity contribution >= 4 is 11.8 Å². The summed E-state index contributed by atoms with van der Waals surface area (Å²) in [6.45, 7) is 15.3. The highest BCUT2D eigenvalue weighted by Crippen LogP contribution is 2.67. The van der Waals surface area contributed by atoms with Gasteiger partial charge in [-0.2, -0.15) is 0 Å². The smallest absolute Gasteiger partial charge is 0.305 e. The second kappa shape index (κ2) is 6.98. The fourth-order valence-electron chi connectivity index (χ4n) is 6.52. The third-order valence-electron chi connectivity index (χ3n) is 7.72. The van der Waals surface area contributed by atoms with Gasteiger partial charge in [0.2, 0.25) is 0 Å². The Labute approximate surface area is 158 Å². The van der Waals surface area contributed by atoms with E-state index in [0.29, 0.717) is 36.6 Å². The molecule has 0 aromatic carbocycles. The first-order chi connectivity index (χ1) is 12.3. The molecule has 0 heterocycles. The zero-order valence-corrected chi connectivity index (χ0v) is 16.7. The van der Waals surface area contributed by atoms with Crippen molar-refractivity contribution in [2.24, 2.45) is 28.6 Å². The standard InChI is InChI=1S/C23H34O3/c1-6-13-26-20(24)10-11-22(5)18(15(2)3)9-12-23-14-17(7-8-19(22)23)16(4)21(23)25/h17-19H,2,4,6-14H2,1,3,5H3/t17-,18+,19-,22+,23+/m0/s1. The van der Waals surface area contributed by atoms with Crippen molar-refractivity contribution in [2.45, 2.75) is 72.1 Å². The van der Waals surface area contributed by atoms with Crippen LogP contribution in [0.4, 0.5) is 0 Å². The zero-order chi connectivity index (χ0) is 19.1. The summed E-state index contributed by atoms with van der Waals surface area (Å²) < 4.78 is 5.31. The molecule has 5 atom stereocenters. The molecule has 3 aliphatic carbocycles. The van der Waals surface area contributed by atoms with Gasteiger partial charge in [-0.05, 0) is 80.6 Å². The molecule has 0 saturated heterocycles. The lowest BCUT2D eigenvalue weighted by Crippen LogP contribution is -2.53. The fourth-order valence-corrected chi connectivity index (χ4v) is 6.52. The van der Waals surface area contributed by atoms with Crippen LogP contribution in [0.5, 0.6) is 0 Å². The van der Waals surface area contributed by atoms with Crippen LogP contribution in [0.15, 0.2) is 24.3 Å². The molecule has 3 nitrogen and oxygen atoms in total. The summed E-state index contributed by atoms with van der Waals surface area (Å²) in [5.41, 5.74) is 1.76. The van der Waals surface area contributed by atoms with Crippen LogP contribution in [0.25, 0.3) is 0 Å². The predicted octanol–water partition coefficient (Wildman–Crippen LogP) is 5.25. The van der Waals surface area contributed by atoms with E-state index in [2.05, 4.69) is 27.0 Å². The second-order valence-corrected chi connectivity index (χ2v) is 9.21. The molecule has 144 valence electrons. The number of ether oxygens (including phenoxy) is 1. The number of esters is 1. The van der Waals surface area contributed by atoms with Crippen LogP contribution < -0.4 is 0 Å². The third kappa shape index (κ3) is 2.88. The fraction of sp³-hybridized carbons (Fsp3) is 0.739. The van der Waals surface area contributed by atoms with E-state index >= 15 is 0 Å². The monoisotopic (exact) mass is 358 g/mol. The number of rotatable bonds is 6. The highest BCUT2D eigenvalue weighted by Gasteiger charge is 2.64. The molecular weight excluding hydrogens is 324 g/mol. The van der Waals surface area contributed by atoms with Crippen molar-refractivity contribution in [1.29, 1.82) is 0 Å². The molecule has 0 unspecified atom stereocenters. The summed E-state index contributed by atoms with van der Waals surface area (Å²) in [4.78, 5) is 25.3. The molecule has 3 saturated carbocycles. The quantitative estimate of drug-likeness (QED) is 0.370. The van der Waals surface area contributed by atoms with Crippen molar-refractivity contribution in [1.82, 2.24) is 0 Å². The Morgan fingerprint density at radius 3 is 2.69 bits per heavy atom. The van der Waals surface area contributed by atoms with Crippen molar-refractivity contribution < 1.29 is 14.3 Å². The van der Waals surface area contributed by atoms with Gasteiger partial charge in [0.05, 0.1) is 6.61 Å². The highest BCUT2D eigenvalue weighted by atomic mass is 16.5. The molecule has 3 fully saturated rings. The van der Waals surface area contributed by atoms with Crippen molar-refractivity contribution in [3.8, 4) is 0 Å². The molecule has 2 bridgehead atoms. The molecule has 0 radical (unpaired) electrons. The number of allylic oxidation sites excluding steroid dienone is 2. The molecular formula is C23H34O3. The van der Waals surface area contributed by atoms with E-state index in [4.69, 9.17) is 4.74 Å². The average molecular weight is 359 g/mol. The lowest BCUT2D eigenvalue weighted by atomic mass is 9.46. The van der Waals surface area contributed by atoms with Gasteiger partial charge >= 0.3 is 5.97 Å². The number of carbonyl (C=O) groups is 2. The number of carbonyl (C=O) groups excluding carboxylic acids is 2. The molecule has 26 heavy (non-hydrogen) atoms. The molecule has 0 N–H and O–H groups in total. The summed E-state index contributed by atoms with van der Waals surface area (Å²) in [7, 11) is 0. The maximum absolute atomic E-state index is 13.2. The van der Waals surface area contributed by atoms with Crippen molar-refractivity contribution in [2.75, 3.05) is 6.61 Å². The van der Waals surface area contributed by atoms with Crippen LogP contribution in [0.3, 0.4) is 0 Å². The zero-order valence-electron chi connectivity index (χ0n) is 16.7. The maximum atomic E-state index is 13.2. The molecule has 1 spiro atoms. The minimum atomic E-state index is -0.228. The Morgan fingerprint density at radius 1 is 1.31 bits per heavy atom. The van der Waals surface area contributed by atoms with Gasteiger partial charge in [0.25, 0.3) is 0 Å². The van der Waals surface area contributed by atoms with Crippen LogP contribution in [-0.4, -0.2) is 18.4 Å². The molecule has 3 aliphatic rings. The number of hydrogen-bond acceptors (Lipinski definition) is 3. The number of Topliss-reactive ketones (excluding diaryl/α,β-unsaturated/α-hetero) is 1. The first-order valence-corrected chi connectivity index (χ1v) is 10.3. The minimum absolute atomic E-state index is 0.0689. The summed E-state index contributed by atoms with van der Waals surface area (Å²) in [5.74, 6) is 1.30. The molecule has 0 aliphatic heterocycles. The lowest BCUT2D eigenvalue weighted by molar-refractivity contribution is -0.148. The lowest BCUT2D eigenvalue weighted by Gasteiger charge is -2.57. The Balaban J connectivity index is 1.88.